The van der Waals surface area contributed by atoms with Crippen LogP contribution in [0.25, 0.3) is 0 Å². The molecule has 0 saturated carbocycles. The fourth-order valence-electron chi connectivity index (χ4n) is 4.62. The van der Waals surface area contributed by atoms with Gasteiger partial charge in [-0.2, -0.15) is 4.98 Å². The van der Waals surface area contributed by atoms with E-state index in [1.165, 1.54) is 0 Å². The Bertz CT molecular complexity index is 1650. The summed E-state index contributed by atoms with van der Waals surface area (Å²) in [4.78, 5) is 56.9. The molecule has 3 rings (SSSR count). The molecule has 2 aromatic carbocycles. The van der Waals surface area contributed by atoms with Gasteiger partial charge >= 0.3 is 11.9 Å². The summed E-state index contributed by atoms with van der Waals surface area (Å²) in [5.74, 6) is -1.90. The van der Waals surface area contributed by atoms with E-state index in [2.05, 4.69) is 15.3 Å². The molecule has 0 saturated heterocycles. The summed E-state index contributed by atoms with van der Waals surface area (Å²) in [6.07, 6.45) is 0.117. The Morgan fingerprint density at radius 3 is 2.28 bits per heavy atom. The zero-order chi connectivity index (χ0) is 35.1. The second-order valence-corrected chi connectivity index (χ2v) is 12.9. The number of aromatic amines is 1. The first-order chi connectivity index (χ1) is 21.8. The molecule has 1 unspecified atom stereocenters. The van der Waals surface area contributed by atoms with Gasteiger partial charge in [0, 0.05) is 37.3 Å². The van der Waals surface area contributed by atoms with Crippen molar-refractivity contribution in [1.82, 2.24) is 9.97 Å². The molecule has 3 aromatic rings. The van der Waals surface area contributed by atoms with Crippen LogP contribution in [0.15, 0.2) is 47.3 Å². The van der Waals surface area contributed by atoms with Crippen LogP contribution in [0.3, 0.4) is 0 Å². The molecule has 0 amide bonds. The molecule has 47 heavy (non-hydrogen) atoms. The van der Waals surface area contributed by atoms with Crippen LogP contribution >= 0.6 is 0 Å². The molecule has 0 aliphatic carbocycles. The zero-order valence-electron chi connectivity index (χ0n) is 27.4. The molecule has 0 radical (unpaired) electrons. The number of ether oxygens (including phenoxy) is 2. The number of aromatic nitrogens is 2. The van der Waals surface area contributed by atoms with E-state index in [1.807, 2.05) is 0 Å². The van der Waals surface area contributed by atoms with Crippen LogP contribution < -0.4 is 27.2 Å². The first-order valence-corrected chi connectivity index (χ1v) is 14.9. The predicted molar refractivity (Wildman–Crippen MR) is 176 cm³/mol. The van der Waals surface area contributed by atoms with Crippen LogP contribution in [0.5, 0.6) is 0 Å². The van der Waals surface area contributed by atoms with Crippen molar-refractivity contribution in [2.75, 3.05) is 28.2 Å². The van der Waals surface area contributed by atoms with Gasteiger partial charge in [-0.1, -0.05) is 12.1 Å². The second kappa shape index (κ2) is 14.9. The summed E-state index contributed by atoms with van der Waals surface area (Å²) < 4.78 is 25.3. The van der Waals surface area contributed by atoms with E-state index in [1.54, 1.807) is 70.7 Å². The highest BCUT2D eigenvalue weighted by Crippen LogP contribution is 2.31. The summed E-state index contributed by atoms with van der Waals surface area (Å²) in [5.41, 5.74) is 10.5. The lowest BCUT2D eigenvalue weighted by atomic mass is 10.1. The predicted octanol–water partition coefficient (Wildman–Crippen LogP) is 4.48. The fraction of sp³-hybridized carbons (Fsp3) is 0.438. The molecule has 14 nitrogen and oxygen atoms in total. The van der Waals surface area contributed by atoms with Crippen LogP contribution in [0.4, 0.5) is 33.2 Å². The standard InChI is InChI=1S/C32H42FN7O7/c1-31(2,3)46-26(41)14-12-23(29(43)47-32(4,5)6)36-21-10-7-19(8-11-21)18-39(25-17-20(33)9-13-24(25)40(44)45)16-15-22-27(34)37-30(35)38-28(22)42/h7-11,13,17,23,36H,12,14-16,18H2,1-6H3,(H5,34,35,37,38,42). The lowest BCUT2D eigenvalue weighted by Crippen LogP contribution is -2.37. The third kappa shape index (κ3) is 11.3. The minimum absolute atomic E-state index is 0.00254. The minimum atomic E-state index is -0.865. The van der Waals surface area contributed by atoms with Gasteiger partial charge in [-0.3, -0.25) is 24.7 Å². The number of nitrogen functional groups attached to an aromatic ring is 2. The van der Waals surface area contributed by atoms with Crippen LogP contribution in [0.1, 0.15) is 65.5 Å². The summed E-state index contributed by atoms with van der Waals surface area (Å²) in [6.45, 7) is 10.6. The maximum atomic E-state index is 14.4. The summed E-state index contributed by atoms with van der Waals surface area (Å²) in [6, 6.07) is 9.12. The van der Waals surface area contributed by atoms with E-state index in [0.717, 1.165) is 18.2 Å². The average Bonchev–Trinajstić information content (AvgIpc) is 2.92. The number of carbonyl (C=O) groups is 2. The number of hydrogen-bond acceptors (Lipinski definition) is 12. The van der Waals surface area contributed by atoms with Crippen molar-refractivity contribution >= 4 is 40.8 Å². The van der Waals surface area contributed by atoms with E-state index in [4.69, 9.17) is 20.9 Å². The van der Waals surface area contributed by atoms with Gasteiger partial charge in [0.25, 0.3) is 11.2 Å². The Morgan fingerprint density at radius 1 is 1.06 bits per heavy atom. The third-order valence-corrected chi connectivity index (χ3v) is 6.59. The Labute approximate surface area is 271 Å². The summed E-state index contributed by atoms with van der Waals surface area (Å²) in [7, 11) is 0. The molecule has 1 aromatic heterocycles. The van der Waals surface area contributed by atoms with Crippen LogP contribution in [0.2, 0.25) is 0 Å². The molecule has 6 N–H and O–H groups in total. The molecule has 254 valence electrons. The lowest BCUT2D eigenvalue weighted by molar-refractivity contribution is -0.384. The molecule has 0 aliphatic rings. The van der Waals surface area contributed by atoms with E-state index < -0.39 is 45.5 Å². The molecule has 0 fully saturated rings. The lowest BCUT2D eigenvalue weighted by Gasteiger charge is -2.26. The van der Waals surface area contributed by atoms with Gasteiger partial charge in [-0.15, -0.1) is 0 Å². The van der Waals surface area contributed by atoms with E-state index >= 15 is 0 Å². The number of esters is 2. The van der Waals surface area contributed by atoms with Crippen molar-refractivity contribution in [3.63, 3.8) is 0 Å². The fourth-order valence-corrected chi connectivity index (χ4v) is 4.62. The van der Waals surface area contributed by atoms with Crippen molar-refractivity contribution in [2.24, 2.45) is 0 Å². The monoisotopic (exact) mass is 655 g/mol. The van der Waals surface area contributed by atoms with Gasteiger partial charge < -0.3 is 31.2 Å². The van der Waals surface area contributed by atoms with Gasteiger partial charge in [-0.05, 0) is 78.1 Å². The molecule has 1 atom stereocenters. The highest BCUT2D eigenvalue weighted by Gasteiger charge is 2.27. The number of rotatable bonds is 13. The SMILES string of the molecule is CC(C)(C)OC(=O)CCC(Nc1ccc(CN(CCc2c(N)nc(N)[nH]c2=O)c2cc(F)ccc2[N+](=O)[O-])cc1)C(=O)OC(C)(C)C. The largest absolute Gasteiger partial charge is 0.460 e. The maximum Gasteiger partial charge on any atom is 0.329 e. The van der Waals surface area contributed by atoms with Gasteiger partial charge in [0.15, 0.2) is 0 Å². The first kappa shape index (κ1) is 36.3. The van der Waals surface area contributed by atoms with Crippen molar-refractivity contribution in [2.45, 2.75) is 84.6 Å². The molecular weight excluding hydrogens is 613 g/mol. The number of benzene rings is 2. The molecule has 15 heteroatoms. The van der Waals surface area contributed by atoms with Gasteiger partial charge in [-0.25, -0.2) is 9.18 Å². The summed E-state index contributed by atoms with van der Waals surface area (Å²) >= 11 is 0. The molecule has 0 bridgehead atoms. The topological polar surface area (TPSA) is 209 Å². The number of nitrogens with zero attached hydrogens (tertiary/aromatic N) is 3. The number of carbonyl (C=O) groups excluding carboxylic acids is 2. The van der Waals surface area contributed by atoms with Crippen LogP contribution in [-0.2, 0) is 32.0 Å². The highest BCUT2D eigenvalue weighted by atomic mass is 19.1. The summed E-state index contributed by atoms with van der Waals surface area (Å²) in [5, 5.41) is 15.0. The van der Waals surface area contributed by atoms with Crippen LogP contribution in [-0.4, -0.2) is 50.6 Å². The number of nitrogens with two attached hydrogens (primary N) is 2. The number of H-pyrrole nitrogens is 1. The van der Waals surface area contributed by atoms with Gasteiger partial charge in [0.05, 0.1) is 10.5 Å². The van der Waals surface area contributed by atoms with Crippen molar-refractivity contribution in [3.05, 3.63) is 79.9 Å². The number of hydrogen-bond donors (Lipinski definition) is 4. The smallest absolute Gasteiger partial charge is 0.329 e. The molecular formula is C32H42FN7O7. The van der Waals surface area contributed by atoms with E-state index in [-0.39, 0.29) is 61.1 Å². The van der Waals surface area contributed by atoms with Crippen molar-refractivity contribution in [1.29, 1.82) is 0 Å². The second-order valence-electron chi connectivity index (χ2n) is 12.9. The number of nitro benzene ring substituents is 1. The normalized spacial score (nSPS) is 12.2. The minimum Gasteiger partial charge on any atom is -0.460 e. The van der Waals surface area contributed by atoms with Gasteiger partial charge in [0.1, 0.15) is 34.6 Å². The van der Waals surface area contributed by atoms with Crippen molar-refractivity contribution < 1.29 is 28.4 Å². The highest BCUT2D eigenvalue weighted by molar-refractivity contribution is 5.81. The number of anilines is 4. The Kier molecular flexibility index (Phi) is 11.5. The Hall–Kier alpha value is -5.21. The first-order valence-electron chi connectivity index (χ1n) is 14.9. The molecule has 1 heterocycles. The molecule has 0 aliphatic heterocycles. The van der Waals surface area contributed by atoms with Crippen LogP contribution in [0, 0.1) is 15.9 Å². The third-order valence-electron chi connectivity index (χ3n) is 6.59. The average molecular weight is 656 g/mol. The number of nitrogens with one attached hydrogen (secondary N) is 2. The van der Waals surface area contributed by atoms with Gasteiger partial charge in [0.2, 0.25) is 5.95 Å². The molecule has 0 spiro atoms. The zero-order valence-corrected chi connectivity index (χ0v) is 27.4. The Morgan fingerprint density at radius 2 is 1.70 bits per heavy atom. The maximum absolute atomic E-state index is 14.4. The number of halogens is 1. The van der Waals surface area contributed by atoms with E-state index in [9.17, 15) is 28.9 Å². The van der Waals surface area contributed by atoms with Crippen molar-refractivity contribution in [3.8, 4) is 0 Å². The number of nitro groups is 1. The van der Waals surface area contributed by atoms with E-state index in [0.29, 0.717) is 11.3 Å². The quantitative estimate of drug-likeness (QED) is 0.114. The Balaban J connectivity index is 1.86.